The third-order valence-electron chi connectivity index (χ3n) is 4.26. The lowest BCUT2D eigenvalue weighted by molar-refractivity contribution is 0.324. The van der Waals surface area contributed by atoms with Crippen molar-refractivity contribution in [2.75, 3.05) is 6.54 Å². The monoisotopic (exact) mass is 259 g/mol. The van der Waals surface area contributed by atoms with Crippen LogP contribution in [-0.2, 0) is 0 Å². The molecule has 102 valence electrons. The van der Waals surface area contributed by atoms with Crippen molar-refractivity contribution in [3.63, 3.8) is 0 Å². The molecule has 3 rings (SSSR count). The number of aromatic nitrogens is 4. The SMILES string of the molecule is Cc1cc(C)n2c(C3CCC(CN)CC3)nnc2n1. The first-order valence-corrected chi connectivity index (χ1v) is 7.08. The molecule has 2 aromatic rings. The van der Waals surface area contributed by atoms with Gasteiger partial charge in [0.15, 0.2) is 0 Å². The minimum absolute atomic E-state index is 0.501. The number of aryl methyl sites for hydroxylation is 2. The van der Waals surface area contributed by atoms with Gasteiger partial charge in [-0.25, -0.2) is 4.98 Å². The van der Waals surface area contributed by atoms with Crippen LogP contribution < -0.4 is 5.73 Å². The van der Waals surface area contributed by atoms with Crippen molar-refractivity contribution >= 4 is 5.78 Å². The van der Waals surface area contributed by atoms with Gasteiger partial charge in [0.2, 0.25) is 0 Å². The van der Waals surface area contributed by atoms with Crippen molar-refractivity contribution in [1.82, 2.24) is 19.6 Å². The number of nitrogens with zero attached hydrogens (tertiary/aromatic N) is 4. The van der Waals surface area contributed by atoms with Crippen LogP contribution in [0.15, 0.2) is 6.07 Å². The van der Waals surface area contributed by atoms with Crippen molar-refractivity contribution in [3.05, 3.63) is 23.3 Å². The number of hydrogen-bond donors (Lipinski definition) is 1. The molecule has 1 fully saturated rings. The molecule has 19 heavy (non-hydrogen) atoms. The van der Waals surface area contributed by atoms with Crippen LogP contribution in [0.5, 0.6) is 0 Å². The largest absolute Gasteiger partial charge is 0.330 e. The van der Waals surface area contributed by atoms with E-state index < -0.39 is 0 Å². The Labute approximate surface area is 113 Å². The molecule has 0 bridgehead atoms. The van der Waals surface area contributed by atoms with Crippen LogP contribution in [0.1, 0.15) is 48.8 Å². The molecule has 2 aromatic heterocycles. The minimum atomic E-state index is 0.501. The first-order chi connectivity index (χ1) is 9.19. The van der Waals surface area contributed by atoms with E-state index in [1.54, 1.807) is 0 Å². The van der Waals surface area contributed by atoms with Crippen molar-refractivity contribution in [2.24, 2.45) is 11.7 Å². The Hall–Kier alpha value is -1.49. The first-order valence-electron chi connectivity index (χ1n) is 7.08. The fraction of sp³-hybridized carbons (Fsp3) is 0.643. The number of nitrogens with two attached hydrogens (primary N) is 1. The van der Waals surface area contributed by atoms with Crippen LogP contribution in [0.2, 0.25) is 0 Å². The molecule has 0 saturated heterocycles. The van der Waals surface area contributed by atoms with E-state index in [-0.39, 0.29) is 0 Å². The van der Waals surface area contributed by atoms with Gasteiger partial charge in [0, 0.05) is 17.3 Å². The van der Waals surface area contributed by atoms with Gasteiger partial charge in [-0.05, 0) is 58.1 Å². The third-order valence-corrected chi connectivity index (χ3v) is 4.26. The van der Waals surface area contributed by atoms with Crippen molar-refractivity contribution < 1.29 is 0 Å². The predicted octanol–water partition coefficient (Wildman–Crippen LogP) is 1.97. The summed E-state index contributed by atoms with van der Waals surface area (Å²) in [5.41, 5.74) is 7.92. The molecule has 0 unspecified atom stereocenters. The highest BCUT2D eigenvalue weighted by Crippen LogP contribution is 2.34. The van der Waals surface area contributed by atoms with Crippen molar-refractivity contribution in [2.45, 2.75) is 45.4 Å². The topological polar surface area (TPSA) is 69.1 Å². The summed E-state index contributed by atoms with van der Waals surface area (Å²) in [6, 6.07) is 2.09. The molecule has 0 spiro atoms. The maximum atomic E-state index is 5.76. The van der Waals surface area contributed by atoms with Gasteiger partial charge in [-0.1, -0.05) is 0 Å². The summed E-state index contributed by atoms with van der Waals surface area (Å²) in [4.78, 5) is 4.45. The van der Waals surface area contributed by atoms with Gasteiger partial charge in [0.05, 0.1) is 0 Å². The highest BCUT2D eigenvalue weighted by molar-refractivity contribution is 5.33. The second-order valence-electron chi connectivity index (χ2n) is 5.69. The van der Waals surface area contributed by atoms with Gasteiger partial charge in [0.1, 0.15) is 5.82 Å². The number of fused-ring (bicyclic) bond motifs is 1. The Kier molecular flexibility index (Phi) is 3.22. The zero-order chi connectivity index (χ0) is 13.4. The Morgan fingerprint density at radius 2 is 1.95 bits per heavy atom. The van der Waals surface area contributed by atoms with Crippen molar-refractivity contribution in [1.29, 1.82) is 0 Å². The van der Waals surface area contributed by atoms with Gasteiger partial charge in [-0.2, -0.15) is 0 Å². The normalized spacial score (nSPS) is 23.9. The zero-order valence-electron chi connectivity index (χ0n) is 11.6. The van der Waals surface area contributed by atoms with E-state index in [9.17, 15) is 0 Å². The van der Waals surface area contributed by atoms with E-state index >= 15 is 0 Å². The van der Waals surface area contributed by atoms with E-state index in [1.807, 2.05) is 6.92 Å². The molecule has 0 radical (unpaired) electrons. The Morgan fingerprint density at radius 3 is 2.63 bits per heavy atom. The quantitative estimate of drug-likeness (QED) is 0.895. The summed E-state index contributed by atoms with van der Waals surface area (Å²) < 4.78 is 2.11. The van der Waals surface area contributed by atoms with E-state index in [0.29, 0.717) is 11.8 Å². The average molecular weight is 259 g/mol. The number of rotatable bonds is 2. The summed E-state index contributed by atoms with van der Waals surface area (Å²) in [5.74, 6) is 3.00. The lowest BCUT2D eigenvalue weighted by atomic mass is 9.81. The van der Waals surface area contributed by atoms with Crippen LogP contribution in [-0.4, -0.2) is 26.1 Å². The molecule has 5 nitrogen and oxygen atoms in total. The highest BCUT2D eigenvalue weighted by atomic mass is 15.3. The molecule has 5 heteroatoms. The molecule has 0 aliphatic heterocycles. The van der Waals surface area contributed by atoms with Gasteiger partial charge >= 0.3 is 0 Å². The maximum Gasteiger partial charge on any atom is 0.255 e. The molecular weight excluding hydrogens is 238 g/mol. The highest BCUT2D eigenvalue weighted by Gasteiger charge is 2.25. The van der Waals surface area contributed by atoms with Crippen LogP contribution in [0, 0.1) is 19.8 Å². The van der Waals surface area contributed by atoms with Gasteiger partial charge in [0.25, 0.3) is 5.78 Å². The maximum absolute atomic E-state index is 5.76. The summed E-state index contributed by atoms with van der Waals surface area (Å²) in [6.07, 6.45) is 4.73. The molecule has 0 atom stereocenters. The molecular formula is C14H21N5. The van der Waals surface area contributed by atoms with E-state index in [1.165, 1.54) is 18.5 Å². The summed E-state index contributed by atoms with van der Waals surface area (Å²) in [7, 11) is 0. The van der Waals surface area contributed by atoms with E-state index in [4.69, 9.17) is 5.73 Å². The molecule has 0 amide bonds. The van der Waals surface area contributed by atoms with Crippen molar-refractivity contribution in [3.8, 4) is 0 Å². The van der Waals surface area contributed by atoms with Crippen LogP contribution >= 0.6 is 0 Å². The molecule has 0 aromatic carbocycles. The predicted molar refractivity (Wildman–Crippen MR) is 74.0 cm³/mol. The van der Waals surface area contributed by atoms with Crippen LogP contribution in [0.4, 0.5) is 0 Å². The van der Waals surface area contributed by atoms with Gasteiger partial charge in [-0.3, -0.25) is 4.40 Å². The molecule has 2 N–H and O–H groups in total. The lowest BCUT2D eigenvalue weighted by Gasteiger charge is -2.26. The Balaban J connectivity index is 1.94. The summed E-state index contributed by atoms with van der Waals surface area (Å²) in [6.45, 7) is 4.90. The molecule has 1 aliphatic carbocycles. The van der Waals surface area contributed by atoms with E-state index in [2.05, 4.69) is 32.6 Å². The Morgan fingerprint density at radius 1 is 1.21 bits per heavy atom. The zero-order valence-corrected chi connectivity index (χ0v) is 11.6. The number of hydrogen-bond acceptors (Lipinski definition) is 4. The Bertz CT molecular complexity index is 581. The minimum Gasteiger partial charge on any atom is -0.330 e. The second kappa shape index (κ2) is 4.89. The van der Waals surface area contributed by atoms with Gasteiger partial charge in [-0.15, -0.1) is 10.2 Å². The van der Waals surface area contributed by atoms with E-state index in [0.717, 1.165) is 36.7 Å². The molecule has 2 heterocycles. The van der Waals surface area contributed by atoms with Crippen LogP contribution in [0.25, 0.3) is 5.78 Å². The molecule has 1 aliphatic rings. The lowest BCUT2D eigenvalue weighted by Crippen LogP contribution is -2.21. The fourth-order valence-corrected chi connectivity index (χ4v) is 3.18. The van der Waals surface area contributed by atoms with Gasteiger partial charge < -0.3 is 5.73 Å². The standard InChI is InChI=1S/C14H21N5/c1-9-7-10(2)19-13(17-18-14(19)16-9)12-5-3-11(8-15)4-6-12/h7,11-12H,3-6,8,15H2,1-2H3. The van der Waals surface area contributed by atoms with Crippen LogP contribution in [0.3, 0.4) is 0 Å². The molecule has 1 saturated carbocycles. The third kappa shape index (κ3) is 2.23. The summed E-state index contributed by atoms with van der Waals surface area (Å²) in [5, 5.41) is 8.62. The average Bonchev–Trinajstić information content (AvgIpc) is 2.83. The fourth-order valence-electron chi connectivity index (χ4n) is 3.18. The first kappa shape index (κ1) is 12.5. The summed E-state index contributed by atoms with van der Waals surface area (Å²) >= 11 is 0. The second-order valence-corrected chi connectivity index (χ2v) is 5.69. The smallest absolute Gasteiger partial charge is 0.255 e.